The van der Waals surface area contributed by atoms with Crippen molar-refractivity contribution < 1.29 is 18.7 Å². The molecule has 1 N–H and O–H groups in total. The predicted octanol–water partition coefficient (Wildman–Crippen LogP) is 2.57. The van der Waals surface area contributed by atoms with Crippen LogP contribution in [0.25, 0.3) is 0 Å². The highest BCUT2D eigenvalue weighted by atomic mass is 19.1. The maximum atomic E-state index is 13.2. The number of halogens is 1. The van der Waals surface area contributed by atoms with Gasteiger partial charge in [0.25, 0.3) is 5.91 Å². The quantitative estimate of drug-likeness (QED) is 0.944. The Kier molecular flexibility index (Phi) is 3.96. The fraction of sp³-hybridized carbons (Fsp3) is 0.235. The van der Waals surface area contributed by atoms with E-state index < -0.39 is 0 Å². The Labute approximate surface area is 127 Å². The van der Waals surface area contributed by atoms with Gasteiger partial charge in [0.1, 0.15) is 23.4 Å². The van der Waals surface area contributed by atoms with Crippen molar-refractivity contribution in [2.75, 3.05) is 13.7 Å². The molecule has 1 aliphatic heterocycles. The third-order valence-electron chi connectivity index (χ3n) is 3.61. The van der Waals surface area contributed by atoms with Gasteiger partial charge in [-0.25, -0.2) is 4.39 Å². The van der Waals surface area contributed by atoms with Crippen molar-refractivity contribution in [2.45, 2.75) is 12.5 Å². The fourth-order valence-electron chi connectivity index (χ4n) is 2.54. The molecule has 22 heavy (non-hydrogen) atoms. The monoisotopic (exact) mass is 301 g/mol. The fourth-order valence-corrected chi connectivity index (χ4v) is 2.54. The van der Waals surface area contributed by atoms with Crippen molar-refractivity contribution in [3.05, 3.63) is 59.4 Å². The van der Waals surface area contributed by atoms with Crippen LogP contribution in [0.3, 0.4) is 0 Å². The number of carbonyl (C=O) groups excluding carboxylic acids is 1. The van der Waals surface area contributed by atoms with E-state index in [1.807, 2.05) is 0 Å². The van der Waals surface area contributed by atoms with Crippen LogP contribution in [0, 0.1) is 5.82 Å². The summed E-state index contributed by atoms with van der Waals surface area (Å²) >= 11 is 0. The molecule has 2 aromatic rings. The molecule has 0 aromatic heterocycles. The lowest BCUT2D eigenvalue weighted by Gasteiger charge is -2.13. The van der Waals surface area contributed by atoms with Gasteiger partial charge in [-0.1, -0.05) is 12.1 Å². The lowest BCUT2D eigenvalue weighted by molar-refractivity contribution is 0.0930. The minimum Gasteiger partial charge on any atom is -0.496 e. The SMILES string of the molecule is COc1ccccc1C(=O)NCC1Cc2cc(F)ccc2O1. The average molecular weight is 301 g/mol. The Morgan fingerprint density at radius 2 is 2.18 bits per heavy atom. The Hall–Kier alpha value is -2.56. The van der Waals surface area contributed by atoms with E-state index >= 15 is 0 Å². The van der Waals surface area contributed by atoms with Crippen molar-refractivity contribution >= 4 is 5.91 Å². The first-order chi connectivity index (χ1) is 10.7. The molecular weight excluding hydrogens is 285 g/mol. The van der Waals surface area contributed by atoms with Gasteiger partial charge in [-0.15, -0.1) is 0 Å². The molecule has 0 saturated heterocycles. The lowest BCUT2D eigenvalue weighted by atomic mass is 10.1. The first-order valence-corrected chi connectivity index (χ1v) is 7.03. The zero-order chi connectivity index (χ0) is 15.5. The Balaban J connectivity index is 1.61. The van der Waals surface area contributed by atoms with Gasteiger partial charge in [-0.2, -0.15) is 0 Å². The van der Waals surface area contributed by atoms with Crippen LogP contribution in [0.2, 0.25) is 0 Å². The second-order valence-electron chi connectivity index (χ2n) is 5.11. The van der Waals surface area contributed by atoms with E-state index in [2.05, 4.69) is 5.32 Å². The average Bonchev–Trinajstić information content (AvgIpc) is 2.94. The molecule has 0 saturated carbocycles. The number of hydrogen-bond acceptors (Lipinski definition) is 3. The third-order valence-corrected chi connectivity index (χ3v) is 3.61. The molecule has 2 aromatic carbocycles. The summed E-state index contributed by atoms with van der Waals surface area (Å²) in [6.45, 7) is 0.354. The summed E-state index contributed by atoms with van der Waals surface area (Å²) in [5.74, 6) is 0.708. The van der Waals surface area contributed by atoms with Crippen LogP contribution < -0.4 is 14.8 Å². The molecule has 1 aliphatic rings. The van der Waals surface area contributed by atoms with Gasteiger partial charge in [0.2, 0.25) is 0 Å². The molecule has 4 nitrogen and oxygen atoms in total. The number of ether oxygens (including phenoxy) is 2. The molecule has 3 rings (SSSR count). The standard InChI is InChI=1S/C17H16FNO3/c1-21-16-5-3-2-4-14(16)17(20)19-10-13-9-11-8-12(18)6-7-15(11)22-13/h2-8,13H,9-10H2,1H3,(H,19,20). The van der Waals surface area contributed by atoms with Crippen LogP contribution in [-0.4, -0.2) is 25.7 Å². The van der Waals surface area contributed by atoms with Gasteiger partial charge >= 0.3 is 0 Å². The van der Waals surface area contributed by atoms with E-state index in [4.69, 9.17) is 9.47 Å². The van der Waals surface area contributed by atoms with Crippen molar-refractivity contribution in [3.8, 4) is 11.5 Å². The summed E-state index contributed by atoms with van der Waals surface area (Å²) in [4.78, 5) is 12.2. The van der Waals surface area contributed by atoms with Gasteiger partial charge in [-0.05, 0) is 30.3 Å². The van der Waals surface area contributed by atoms with E-state index in [0.717, 1.165) is 5.56 Å². The van der Waals surface area contributed by atoms with Crippen molar-refractivity contribution in [2.24, 2.45) is 0 Å². The summed E-state index contributed by atoms with van der Waals surface area (Å²) in [7, 11) is 1.53. The maximum Gasteiger partial charge on any atom is 0.255 e. The highest BCUT2D eigenvalue weighted by Gasteiger charge is 2.24. The summed E-state index contributed by atoms with van der Waals surface area (Å²) < 4.78 is 24.0. The summed E-state index contributed by atoms with van der Waals surface area (Å²) in [6.07, 6.45) is 0.398. The van der Waals surface area contributed by atoms with E-state index in [0.29, 0.717) is 30.0 Å². The van der Waals surface area contributed by atoms with Crippen LogP contribution in [0.15, 0.2) is 42.5 Å². The molecular formula is C17H16FNO3. The normalized spacial score (nSPS) is 15.8. The Morgan fingerprint density at radius 1 is 1.36 bits per heavy atom. The molecule has 1 atom stereocenters. The second-order valence-corrected chi connectivity index (χ2v) is 5.11. The van der Waals surface area contributed by atoms with Gasteiger partial charge in [0.05, 0.1) is 19.2 Å². The minimum absolute atomic E-state index is 0.185. The number of carbonyl (C=O) groups is 1. The minimum atomic E-state index is -0.277. The number of methoxy groups -OCH3 is 1. The molecule has 0 fully saturated rings. The van der Waals surface area contributed by atoms with Crippen LogP contribution in [0.1, 0.15) is 15.9 Å². The van der Waals surface area contributed by atoms with E-state index in [1.54, 1.807) is 30.3 Å². The molecule has 0 spiro atoms. The Morgan fingerprint density at radius 3 is 3.00 bits per heavy atom. The van der Waals surface area contributed by atoms with Crippen LogP contribution in [0.4, 0.5) is 4.39 Å². The molecule has 0 aliphatic carbocycles. The number of para-hydroxylation sites is 1. The molecule has 1 heterocycles. The maximum absolute atomic E-state index is 13.2. The number of nitrogens with one attached hydrogen (secondary N) is 1. The number of hydrogen-bond donors (Lipinski definition) is 1. The van der Waals surface area contributed by atoms with Crippen molar-refractivity contribution in [1.29, 1.82) is 0 Å². The van der Waals surface area contributed by atoms with Crippen LogP contribution in [-0.2, 0) is 6.42 Å². The van der Waals surface area contributed by atoms with Gasteiger partial charge in [-0.3, -0.25) is 4.79 Å². The van der Waals surface area contributed by atoms with E-state index in [1.165, 1.54) is 19.2 Å². The smallest absolute Gasteiger partial charge is 0.255 e. The molecule has 114 valence electrons. The second kappa shape index (κ2) is 6.05. The summed E-state index contributed by atoms with van der Waals surface area (Å²) in [6, 6.07) is 11.5. The molecule has 0 bridgehead atoms. The predicted molar refractivity (Wildman–Crippen MR) is 79.8 cm³/mol. The zero-order valence-electron chi connectivity index (χ0n) is 12.1. The van der Waals surface area contributed by atoms with E-state index in [9.17, 15) is 9.18 Å². The lowest BCUT2D eigenvalue weighted by Crippen LogP contribution is -2.34. The summed E-state index contributed by atoms with van der Waals surface area (Å²) in [5, 5.41) is 2.83. The third kappa shape index (κ3) is 2.88. The highest BCUT2D eigenvalue weighted by Crippen LogP contribution is 2.29. The van der Waals surface area contributed by atoms with Crippen molar-refractivity contribution in [1.82, 2.24) is 5.32 Å². The van der Waals surface area contributed by atoms with Gasteiger partial charge < -0.3 is 14.8 Å². The van der Waals surface area contributed by atoms with Crippen LogP contribution in [0.5, 0.6) is 11.5 Å². The number of benzene rings is 2. The number of amides is 1. The first-order valence-electron chi connectivity index (χ1n) is 7.03. The van der Waals surface area contributed by atoms with E-state index in [-0.39, 0.29) is 17.8 Å². The summed E-state index contributed by atoms with van der Waals surface area (Å²) in [5.41, 5.74) is 1.31. The molecule has 5 heteroatoms. The number of fused-ring (bicyclic) bond motifs is 1. The largest absolute Gasteiger partial charge is 0.496 e. The molecule has 0 radical (unpaired) electrons. The Bertz CT molecular complexity index is 702. The number of rotatable bonds is 4. The van der Waals surface area contributed by atoms with Gasteiger partial charge in [0.15, 0.2) is 0 Å². The topological polar surface area (TPSA) is 47.6 Å². The zero-order valence-corrected chi connectivity index (χ0v) is 12.1. The molecule has 1 unspecified atom stereocenters. The molecule has 1 amide bonds. The highest BCUT2D eigenvalue weighted by molar-refractivity contribution is 5.96. The van der Waals surface area contributed by atoms with Crippen molar-refractivity contribution in [3.63, 3.8) is 0 Å². The van der Waals surface area contributed by atoms with Gasteiger partial charge in [0, 0.05) is 12.0 Å². The van der Waals surface area contributed by atoms with Crippen LogP contribution >= 0.6 is 0 Å². The first kappa shape index (κ1) is 14.4.